The molecular weight excluding hydrogens is 430 g/mol. The van der Waals surface area contributed by atoms with Gasteiger partial charge in [-0.2, -0.15) is 0 Å². The Morgan fingerprint density at radius 3 is 2.23 bits per heavy atom. The molecule has 0 N–H and O–H groups in total. The molecule has 1 heterocycles. The van der Waals surface area contributed by atoms with Crippen molar-refractivity contribution in [2.24, 2.45) is 5.92 Å². The fraction of sp³-hybridized carbons (Fsp3) is 0.250. The van der Waals surface area contributed by atoms with Crippen LogP contribution in [-0.4, -0.2) is 16.1 Å². The molecule has 0 amide bonds. The van der Waals surface area contributed by atoms with E-state index in [4.69, 9.17) is 0 Å². The smallest absolute Gasteiger partial charge is 0.193 e. The summed E-state index contributed by atoms with van der Waals surface area (Å²) < 4.78 is 2.14. The summed E-state index contributed by atoms with van der Waals surface area (Å²) in [6, 6.07) is 14.3. The minimum atomic E-state index is -0.183. The van der Waals surface area contributed by atoms with Gasteiger partial charge >= 0.3 is 0 Å². The molecule has 35 heavy (non-hydrogen) atoms. The molecule has 3 heteroatoms. The van der Waals surface area contributed by atoms with E-state index < -0.39 is 0 Å². The van der Waals surface area contributed by atoms with Gasteiger partial charge < -0.3 is 4.57 Å². The molecule has 0 aliphatic heterocycles. The van der Waals surface area contributed by atoms with Gasteiger partial charge in [0, 0.05) is 40.2 Å². The third-order valence-electron chi connectivity index (χ3n) is 6.72. The van der Waals surface area contributed by atoms with Crippen LogP contribution >= 0.6 is 0 Å². The molecule has 0 unspecified atom stereocenters. The van der Waals surface area contributed by atoms with Gasteiger partial charge in [-0.05, 0) is 62.9 Å². The van der Waals surface area contributed by atoms with E-state index in [0.717, 1.165) is 48.2 Å². The van der Waals surface area contributed by atoms with E-state index in [1.807, 2.05) is 62.5 Å². The average Bonchev–Trinajstić information content (AvgIpc) is 3.33. The summed E-state index contributed by atoms with van der Waals surface area (Å²) in [7, 11) is 0. The zero-order valence-electron chi connectivity index (χ0n) is 21.1. The summed E-state index contributed by atoms with van der Waals surface area (Å²) in [5, 5.41) is 0. The molecule has 1 fully saturated rings. The number of hydrogen-bond donors (Lipinski definition) is 0. The summed E-state index contributed by atoms with van der Waals surface area (Å²) in [6.07, 6.45) is 14.4. The second-order valence-corrected chi connectivity index (χ2v) is 8.91. The molecule has 1 saturated carbocycles. The molecule has 0 spiro atoms. The van der Waals surface area contributed by atoms with Crippen molar-refractivity contribution in [2.45, 2.75) is 46.5 Å². The Balaban J connectivity index is 1.92. The highest BCUT2D eigenvalue weighted by Crippen LogP contribution is 2.31. The molecule has 0 bridgehead atoms. The van der Waals surface area contributed by atoms with Crippen molar-refractivity contribution in [3.05, 3.63) is 120 Å². The lowest BCUT2D eigenvalue weighted by Gasteiger charge is -2.25. The molecule has 1 aromatic carbocycles. The molecule has 0 saturated heterocycles. The van der Waals surface area contributed by atoms with E-state index >= 15 is 0 Å². The molecule has 0 atom stereocenters. The number of carbonyl (C=O) groups excluding carboxylic acids is 2. The van der Waals surface area contributed by atoms with E-state index in [-0.39, 0.29) is 17.5 Å². The van der Waals surface area contributed by atoms with Crippen LogP contribution in [0.1, 0.15) is 52.1 Å². The van der Waals surface area contributed by atoms with Crippen molar-refractivity contribution >= 4 is 17.1 Å². The third-order valence-corrected chi connectivity index (χ3v) is 6.72. The minimum absolute atomic E-state index is 0.00407. The van der Waals surface area contributed by atoms with Crippen molar-refractivity contribution < 1.29 is 9.59 Å². The molecule has 0 radical (unpaired) electrons. The van der Waals surface area contributed by atoms with Gasteiger partial charge in [0.05, 0.1) is 0 Å². The summed E-state index contributed by atoms with van der Waals surface area (Å²) in [5.41, 5.74) is 5.52. The number of aromatic nitrogens is 1. The van der Waals surface area contributed by atoms with E-state index in [2.05, 4.69) is 42.8 Å². The van der Waals surface area contributed by atoms with Crippen molar-refractivity contribution in [3.8, 4) is 5.69 Å². The molecule has 1 aliphatic rings. The van der Waals surface area contributed by atoms with Gasteiger partial charge in [-0.15, -0.1) is 0 Å². The number of rotatable bonds is 11. The summed E-state index contributed by atoms with van der Waals surface area (Å²) in [4.78, 5) is 26.5. The lowest BCUT2D eigenvalue weighted by Crippen LogP contribution is -2.24. The first-order valence-corrected chi connectivity index (χ1v) is 12.3. The summed E-state index contributed by atoms with van der Waals surface area (Å²) in [6.45, 7) is 13.7. The summed E-state index contributed by atoms with van der Waals surface area (Å²) in [5.74, 6) is -0.186. The quantitative estimate of drug-likeness (QED) is 0.251. The highest BCUT2D eigenvalue weighted by Gasteiger charge is 2.29. The Kier molecular flexibility index (Phi) is 8.97. The number of allylic oxidation sites excluding steroid dienone is 10. The van der Waals surface area contributed by atoms with Crippen LogP contribution in [0.2, 0.25) is 0 Å². The van der Waals surface area contributed by atoms with Crippen LogP contribution in [0.3, 0.4) is 0 Å². The van der Waals surface area contributed by atoms with E-state index in [9.17, 15) is 9.59 Å². The number of Topliss-reactive ketones (excluding diaryl/α,β-unsaturated/α-hetero) is 2. The lowest BCUT2D eigenvalue weighted by molar-refractivity contribution is -0.121. The van der Waals surface area contributed by atoms with Crippen molar-refractivity contribution in [1.82, 2.24) is 4.57 Å². The van der Waals surface area contributed by atoms with E-state index in [1.165, 1.54) is 12.2 Å². The lowest BCUT2D eigenvalue weighted by atomic mass is 9.78. The number of ketones is 2. The van der Waals surface area contributed by atoms with Gasteiger partial charge in [-0.1, -0.05) is 80.7 Å². The van der Waals surface area contributed by atoms with Crippen LogP contribution in [0.15, 0.2) is 114 Å². The Morgan fingerprint density at radius 1 is 0.971 bits per heavy atom. The van der Waals surface area contributed by atoms with Gasteiger partial charge in [-0.25, -0.2) is 0 Å². The normalized spacial score (nSPS) is 15.8. The topological polar surface area (TPSA) is 39.1 Å². The van der Waals surface area contributed by atoms with Crippen molar-refractivity contribution in [2.75, 3.05) is 0 Å². The van der Waals surface area contributed by atoms with E-state index in [1.54, 1.807) is 0 Å². The number of nitrogens with zero attached hydrogens (tertiary/aromatic N) is 1. The average molecular weight is 466 g/mol. The minimum Gasteiger partial charge on any atom is -0.317 e. The molecule has 3 rings (SSSR count). The molecule has 2 aromatic rings. The molecule has 1 aromatic heterocycles. The first-order chi connectivity index (χ1) is 16.9. The van der Waals surface area contributed by atoms with Crippen LogP contribution in [-0.2, 0) is 9.59 Å². The van der Waals surface area contributed by atoms with Gasteiger partial charge in [0.15, 0.2) is 11.6 Å². The monoisotopic (exact) mass is 465 g/mol. The largest absolute Gasteiger partial charge is 0.317 e. The van der Waals surface area contributed by atoms with Crippen LogP contribution < -0.4 is 0 Å². The molecular formula is C32H35NO2. The predicted molar refractivity (Wildman–Crippen MR) is 146 cm³/mol. The highest BCUT2D eigenvalue weighted by atomic mass is 16.1. The Bertz CT molecular complexity index is 1230. The van der Waals surface area contributed by atoms with Crippen LogP contribution in [0.4, 0.5) is 0 Å². The van der Waals surface area contributed by atoms with Crippen LogP contribution in [0.25, 0.3) is 11.3 Å². The number of carbonyl (C=O) groups is 2. The first-order valence-electron chi connectivity index (χ1n) is 12.3. The summed E-state index contributed by atoms with van der Waals surface area (Å²) >= 11 is 0. The second-order valence-electron chi connectivity index (χ2n) is 8.91. The first kappa shape index (κ1) is 25.9. The van der Waals surface area contributed by atoms with Gasteiger partial charge in [0.25, 0.3) is 0 Å². The molecule has 3 nitrogen and oxygen atoms in total. The molecule has 180 valence electrons. The Labute approximate surface area is 209 Å². The Morgan fingerprint density at radius 2 is 1.66 bits per heavy atom. The van der Waals surface area contributed by atoms with E-state index in [0.29, 0.717) is 16.7 Å². The fourth-order valence-electron chi connectivity index (χ4n) is 4.20. The number of para-hydroxylation sites is 1. The van der Waals surface area contributed by atoms with Crippen molar-refractivity contribution in [3.63, 3.8) is 0 Å². The number of hydrogen-bond acceptors (Lipinski definition) is 2. The highest BCUT2D eigenvalue weighted by molar-refractivity contribution is 6.18. The maximum absolute atomic E-state index is 13.6. The predicted octanol–water partition coefficient (Wildman–Crippen LogP) is 7.77. The standard InChI is InChI=1S/C32H35NO2/c1-6-23(4)29(32(35)28(8-3)27(7-2)31(34)25-16-13-17-25)20-12-15-24(5)30-21-14-22-33(30)26-18-10-9-11-19-26/h7-12,14-15,18-22,25H,2-3,6,13,16-17H2,1,4-5H3/b20-12-,24-15+,28-27-,29-23-. The SMILES string of the molecule is C=C/C(C(=O)C(/C=C\C=C(/C)c1cccn1-c1ccccc1)=C(/C)CC)=C(\C=C)C(=O)C1CCC1. The Hall–Kier alpha value is -3.72. The molecule has 1 aliphatic carbocycles. The van der Waals surface area contributed by atoms with Gasteiger partial charge in [0.2, 0.25) is 0 Å². The van der Waals surface area contributed by atoms with Crippen LogP contribution in [0, 0.1) is 5.92 Å². The van der Waals surface area contributed by atoms with Gasteiger partial charge in [-0.3, -0.25) is 9.59 Å². The van der Waals surface area contributed by atoms with Crippen LogP contribution in [0.5, 0.6) is 0 Å². The zero-order chi connectivity index (χ0) is 25.4. The fourth-order valence-corrected chi connectivity index (χ4v) is 4.20. The maximum atomic E-state index is 13.6. The van der Waals surface area contributed by atoms with Gasteiger partial charge in [0.1, 0.15) is 0 Å². The zero-order valence-corrected chi connectivity index (χ0v) is 21.1. The maximum Gasteiger partial charge on any atom is 0.193 e. The second kappa shape index (κ2) is 12.1. The number of benzene rings is 1. The van der Waals surface area contributed by atoms with Crippen molar-refractivity contribution in [1.29, 1.82) is 0 Å². The third kappa shape index (κ3) is 5.86.